The fourth-order valence-electron chi connectivity index (χ4n) is 2.54. The van der Waals surface area contributed by atoms with E-state index >= 15 is 0 Å². The van der Waals surface area contributed by atoms with E-state index in [1.165, 1.54) is 10.9 Å². The van der Waals surface area contributed by atoms with E-state index in [1.54, 1.807) is 0 Å². The summed E-state index contributed by atoms with van der Waals surface area (Å²) in [6.45, 7) is 2.28. The molecule has 1 aliphatic rings. The normalized spacial score (nSPS) is 25.6. The highest BCUT2D eigenvalue weighted by Gasteiger charge is 2.36. The number of ether oxygens (including phenoxy) is 1. The van der Waals surface area contributed by atoms with Gasteiger partial charge >= 0.3 is 5.69 Å². The van der Waals surface area contributed by atoms with E-state index in [9.17, 15) is 9.90 Å². The van der Waals surface area contributed by atoms with Gasteiger partial charge in [-0.05, 0) is 6.92 Å². The van der Waals surface area contributed by atoms with Gasteiger partial charge < -0.3 is 25.3 Å². The first-order valence-corrected chi connectivity index (χ1v) is 6.79. The molecule has 1 unspecified atom stereocenters. The molecule has 0 bridgehead atoms. The number of hydrogen-bond acceptors (Lipinski definition) is 7. The second kappa shape index (κ2) is 5.43. The fourth-order valence-corrected chi connectivity index (χ4v) is 2.54. The Morgan fingerprint density at radius 1 is 1.57 bits per heavy atom. The molecule has 0 aromatic carbocycles. The van der Waals surface area contributed by atoms with Crippen molar-refractivity contribution in [1.29, 1.82) is 0 Å². The van der Waals surface area contributed by atoms with Crippen LogP contribution >= 0.6 is 0 Å². The third kappa shape index (κ3) is 2.28. The summed E-state index contributed by atoms with van der Waals surface area (Å²) in [5.74, 6) is 0.538. The lowest BCUT2D eigenvalue weighted by Gasteiger charge is -2.13. The highest BCUT2D eigenvalue weighted by molar-refractivity contribution is 5.82. The predicted molar refractivity (Wildman–Crippen MR) is 73.9 cm³/mol. The van der Waals surface area contributed by atoms with E-state index in [0.29, 0.717) is 23.5 Å². The molecule has 3 heterocycles. The van der Waals surface area contributed by atoms with Gasteiger partial charge in [0.25, 0.3) is 0 Å². The van der Waals surface area contributed by atoms with Crippen LogP contribution in [0.4, 0.5) is 5.82 Å². The lowest BCUT2D eigenvalue weighted by Crippen LogP contribution is -2.25. The molecule has 4 N–H and O–H groups in total. The van der Waals surface area contributed by atoms with E-state index in [0.717, 1.165) is 0 Å². The van der Waals surface area contributed by atoms with Crippen LogP contribution in [0.1, 0.15) is 19.6 Å². The Bertz CT molecular complexity index is 697. The van der Waals surface area contributed by atoms with Crippen molar-refractivity contribution in [2.24, 2.45) is 0 Å². The molecular formula is C12H17N5O4. The molecule has 0 saturated carbocycles. The van der Waals surface area contributed by atoms with Gasteiger partial charge in [-0.1, -0.05) is 0 Å². The molecule has 1 saturated heterocycles. The van der Waals surface area contributed by atoms with Crippen molar-refractivity contribution in [3.8, 4) is 0 Å². The molecular weight excluding hydrogens is 278 g/mol. The van der Waals surface area contributed by atoms with Crippen LogP contribution in [0, 0.1) is 0 Å². The molecule has 1 fully saturated rings. The van der Waals surface area contributed by atoms with Crippen LogP contribution in [0.2, 0.25) is 0 Å². The summed E-state index contributed by atoms with van der Waals surface area (Å²) in [4.78, 5) is 23.1. The van der Waals surface area contributed by atoms with E-state index in [2.05, 4.69) is 20.3 Å². The lowest BCUT2D eigenvalue weighted by molar-refractivity contribution is -0.0441. The van der Waals surface area contributed by atoms with Crippen LogP contribution in [0.5, 0.6) is 0 Å². The van der Waals surface area contributed by atoms with Crippen LogP contribution in [0.25, 0.3) is 11.2 Å². The highest BCUT2D eigenvalue weighted by Crippen LogP contribution is 2.30. The SMILES string of the molecule is CCNc1ncnc2c1[nH]c(=O)n2[C@H]1C[C@@H](O)C(CO)O1. The minimum Gasteiger partial charge on any atom is -0.394 e. The number of H-pyrrole nitrogens is 1. The summed E-state index contributed by atoms with van der Waals surface area (Å²) >= 11 is 0. The molecule has 0 amide bonds. The maximum Gasteiger partial charge on any atom is 0.329 e. The van der Waals surface area contributed by atoms with Crippen LogP contribution in [0.15, 0.2) is 11.1 Å². The summed E-state index contributed by atoms with van der Waals surface area (Å²) < 4.78 is 6.86. The minimum absolute atomic E-state index is 0.221. The Balaban J connectivity index is 2.06. The maximum absolute atomic E-state index is 12.2. The molecule has 2 aromatic rings. The molecule has 9 heteroatoms. The monoisotopic (exact) mass is 295 g/mol. The number of aromatic amines is 1. The van der Waals surface area contributed by atoms with Crippen LogP contribution in [-0.4, -0.2) is 55.1 Å². The van der Waals surface area contributed by atoms with Gasteiger partial charge in [0.15, 0.2) is 11.5 Å². The van der Waals surface area contributed by atoms with Gasteiger partial charge in [0.2, 0.25) is 0 Å². The summed E-state index contributed by atoms with van der Waals surface area (Å²) in [5, 5.41) is 22.0. The summed E-state index contributed by atoms with van der Waals surface area (Å²) in [5.41, 5.74) is 0.511. The number of imidazole rings is 1. The molecule has 2 aromatic heterocycles. The van der Waals surface area contributed by atoms with Gasteiger partial charge in [0.05, 0.1) is 12.7 Å². The Hall–Kier alpha value is -1.97. The lowest BCUT2D eigenvalue weighted by atomic mass is 10.2. The molecule has 0 spiro atoms. The van der Waals surface area contributed by atoms with E-state index in [-0.39, 0.29) is 18.7 Å². The van der Waals surface area contributed by atoms with E-state index in [1.807, 2.05) is 6.92 Å². The zero-order valence-electron chi connectivity index (χ0n) is 11.5. The number of nitrogens with zero attached hydrogens (tertiary/aromatic N) is 3. The van der Waals surface area contributed by atoms with Gasteiger partial charge in [-0.25, -0.2) is 19.3 Å². The van der Waals surface area contributed by atoms with Gasteiger partial charge in [-0.3, -0.25) is 0 Å². The van der Waals surface area contributed by atoms with Crippen molar-refractivity contribution < 1.29 is 14.9 Å². The van der Waals surface area contributed by atoms with Gasteiger partial charge in [0.1, 0.15) is 24.2 Å². The van der Waals surface area contributed by atoms with Gasteiger partial charge in [0, 0.05) is 13.0 Å². The predicted octanol–water partition coefficient (Wildman–Crippen LogP) is -0.808. The molecule has 9 nitrogen and oxygen atoms in total. The molecule has 3 rings (SSSR count). The van der Waals surface area contributed by atoms with Gasteiger partial charge in [-0.2, -0.15) is 0 Å². The number of rotatable bonds is 4. The average Bonchev–Trinajstić information content (AvgIpc) is 2.99. The van der Waals surface area contributed by atoms with Crippen molar-refractivity contribution in [2.75, 3.05) is 18.5 Å². The second-order valence-corrected chi connectivity index (χ2v) is 4.87. The minimum atomic E-state index is -0.813. The second-order valence-electron chi connectivity index (χ2n) is 4.87. The quantitative estimate of drug-likeness (QED) is 0.581. The average molecular weight is 295 g/mol. The van der Waals surface area contributed by atoms with Crippen molar-refractivity contribution in [2.45, 2.75) is 31.8 Å². The number of aromatic nitrogens is 4. The third-order valence-electron chi connectivity index (χ3n) is 3.52. The third-order valence-corrected chi connectivity index (χ3v) is 3.52. The zero-order chi connectivity index (χ0) is 15.0. The first kappa shape index (κ1) is 14.0. The summed E-state index contributed by atoms with van der Waals surface area (Å²) in [6.07, 6.45) is -0.589. The first-order chi connectivity index (χ1) is 10.2. The number of nitrogens with one attached hydrogen (secondary N) is 2. The van der Waals surface area contributed by atoms with Crippen molar-refractivity contribution in [3.05, 3.63) is 16.8 Å². The van der Waals surface area contributed by atoms with E-state index in [4.69, 9.17) is 9.84 Å². The molecule has 1 aliphatic heterocycles. The Morgan fingerprint density at radius 3 is 3.05 bits per heavy atom. The maximum atomic E-state index is 12.2. The number of anilines is 1. The van der Waals surface area contributed by atoms with Crippen molar-refractivity contribution in [3.63, 3.8) is 0 Å². The molecule has 3 atom stereocenters. The first-order valence-electron chi connectivity index (χ1n) is 6.79. The standard InChI is InChI=1S/C12H17N5O4/c1-2-13-10-9-11(15-5-14-10)17(12(20)16-9)8-3-6(19)7(4-18)21-8/h5-8,18-19H,2-4H2,1H3,(H,16,20)(H,13,14,15)/t6-,7?,8-/m1/s1. The van der Waals surface area contributed by atoms with Crippen molar-refractivity contribution >= 4 is 17.0 Å². The Morgan fingerprint density at radius 2 is 2.38 bits per heavy atom. The number of aliphatic hydroxyl groups excluding tert-OH is 2. The zero-order valence-corrected chi connectivity index (χ0v) is 11.5. The van der Waals surface area contributed by atoms with Gasteiger partial charge in [-0.15, -0.1) is 0 Å². The fraction of sp³-hybridized carbons (Fsp3) is 0.583. The molecule has 0 aliphatic carbocycles. The topological polar surface area (TPSA) is 125 Å². The van der Waals surface area contributed by atoms with Crippen LogP contribution in [-0.2, 0) is 4.74 Å². The summed E-state index contributed by atoms with van der Waals surface area (Å²) in [7, 11) is 0. The number of hydrogen-bond donors (Lipinski definition) is 4. The highest BCUT2D eigenvalue weighted by atomic mass is 16.5. The summed E-state index contributed by atoms with van der Waals surface area (Å²) in [6, 6.07) is 0. The smallest absolute Gasteiger partial charge is 0.329 e. The van der Waals surface area contributed by atoms with E-state index < -0.39 is 18.4 Å². The number of fused-ring (bicyclic) bond motifs is 1. The molecule has 0 radical (unpaired) electrons. The largest absolute Gasteiger partial charge is 0.394 e. The Kier molecular flexibility index (Phi) is 3.62. The molecule has 21 heavy (non-hydrogen) atoms. The van der Waals surface area contributed by atoms with Crippen molar-refractivity contribution in [1.82, 2.24) is 19.5 Å². The van der Waals surface area contributed by atoms with Crippen LogP contribution in [0.3, 0.4) is 0 Å². The Labute approximate surface area is 119 Å². The molecule has 114 valence electrons. The van der Waals surface area contributed by atoms with Crippen LogP contribution < -0.4 is 11.0 Å². The number of aliphatic hydroxyl groups is 2.